The number of sulfonamides is 1. The standard InChI is InChI=1S/C20H27N3O5S2/c1-13(2)9-14-12-29-19(17(14)20(25)28-4)21-18(24)16-10-15(11-22(16)3)30(26,27)23-7-5-6-8-23/h10-13H,5-9H2,1-4H3,(H,21,24). The molecule has 2 aromatic rings. The number of aryl methyl sites for hydroxylation is 1. The maximum atomic E-state index is 12.9. The fraction of sp³-hybridized carbons (Fsp3) is 0.500. The van der Waals surface area contributed by atoms with Crippen molar-refractivity contribution in [3.8, 4) is 0 Å². The lowest BCUT2D eigenvalue weighted by molar-refractivity contribution is 0.0601. The van der Waals surface area contributed by atoms with E-state index in [4.69, 9.17) is 4.74 Å². The molecule has 1 saturated heterocycles. The highest BCUT2D eigenvalue weighted by Crippen LogP contribution is 2.31. The SMILES string of the molecule is COC(=O)c1c(CC(C)C)csc1NC(=O)c1cc(S(=O)(=O)N2CCCC2)cn1C. The fourth-order valence-corrected chi connectivity index (χ4v) is 6.09. The summed E-state index contributed by atoms with van der Waals surface area (Å²) in [5.41, 5.74) is 1.37. The molecule has 30 heavy (non-hydrogen) atoms. The van der Waals surface area contributed by atoms with Crippen LogP contribution in [0.1, 0.15) is 53.1 Å². The number of carbonyl (C=O) groups is 2. The molecule has 0 aromatic carbocycles. The zero-order chi connectivity index (χ0) is 22.1. The number of carbonyl (C=O) groups excluding carboxylic acids is 2. The molecule has 8 nitrogen and oxygen atoms in total. The third-order valence-corrected chi connectivity index (χ3v) is 7.84. The number of anilines is 1. The molecule has 3 rings (SSSR count). The minimum absolute atomic E-state index is 0.0944. The summed E-state index contributed by atoms with van der Waals surface area (Å²) in [7, 11) is -0.695. The van der Waals surface area contributed by atoms with Crippen molar-refractivity contribution in [1.29, 1.82) is 0 Å². The second-order valence-electron chi connectivity index (χ2n) is 7.79. The van der Waals surface area contributed by atoms with Crippen LogP contribution in [0.15, 0.2) is 22.5 Å². The van der Waals surface area contributed by atoms with Crippen molar-refractivity contribution < 1.29 is 22.7 Å². The van der Waals surface area contributed by atoms with Crippen LogP contribution < -0.4 is 5.32 Å². The van der Waals surface area contributed by atoms with Gasteiger partial charge in [-0.25, -0.2) is 13.2 Å². The largest absolute Gasteiger partial charge is 0.465 e. The molecule has 0 atom stereocenters. The van der Waals surface area contributed by atoms with E-state index < -0.39 is 21.9 Å². The van der Waals surface area contributed by atoms with Gasteiger partial charge in [0.2, 0.25) is 10.0 Å². The van der Waals surface area contributed by atoms with Gasteiger partial charge in [-0.3, -0.25) is 4.79 Å². The number of nitrogens with zero attached hydrogens (tertiary/aromatic N) is 2. The Labute approximate surface area is 180 Å². The number of methoxy groups -OCH3 is 1. The molecule has 1 amide bonds. The van der Waals surface area contributed by atoms with E-state index in [0.717, 1.165) is 18.4 Å². The highest BCUT2D eigenvalue weighted by molar-refractivity contribution is 7.89. The monoisotopic (exact) mass is 453 g/mol. The van der Waals surface area contributed by atoms with Crippen molar-refractivity contribution >= 4 is 38.2 Å². The molecule has 2 aromatic heterocycles. The Balaban J connectivity index is 1.88. The van der Waals surface area contributed by atoms with Gasteiger partial charge in [-0.2, -0.15) is 4.31 Å². The number of aromatic nitrogens is 1. The summed E-state index contributed by atoms with van der Waals surface area (Å²) in [6.45, 7) is 5.08. The van der Waals surface area contributed by atoms with Gasteiger partial charge in [-0.1, -0.05) is 13.8 Å². The van der Waals surface area contributed by atoms with Gasteiger partial charge in [0.25, 0.3) is 5.91 Å². The Hall–Kier alpha value is -2.17. The number of nitrogens with one attached hydrogen (secondary N) is 1. The number of hydrogen-bond acceptors (Lipinski definition) is 6. The van der Waals surface area contributed by atoms with Crippen LogP contribution in [0.25, 0.3) is 0 Å². The number of rotatable bonds is 7. The molecule has 1 aliphatic rings. The molecule has 0 bridgehead atoms. The average molecular weight is 454 g/mol. The van der Waals surface area contributed by atoms with Crippen LogP contribution in [0.5, 0.6) is 0 Å². The van der Waals surface area contributed by atoms with Gasteiger partial charge < -0.3 is 14.6 Å². The molecule has 0 spiro atoms. The van der Waals surface area contributed by atoms with E-state index in [0.29, 0.717) is 36.0 Å². The van der Waals surface area contributed by atoms with Crippen LogP contribution in [0.4, 0.5) is 5.00 Å². The third-order valence-electron chi connectivity index (χ3n) is 5.03. The molecule has 0 saturated carbocycles. The number of ether oxygens (including phenoxy) is 1. The lowest BCUT2D eigenvalue weighted by atomic mass is 10.0. The Morgan fingerprint density at radius 3 is 2.53 bits per heavy atom. The maximum absolute atomic E-state index is 12.9. The van der Waals surface area contributed by atoms with Crippen LogP contribution in [0.3, 0.4) is 0 Å². The van der Waals surface area contributed by atoms with E-state index >= 15 is 0 Å². The van der Waals surface area contributed by atoms with E-state index in [2.05, 4.69) is 5.32 Å². The highest BCUT2D eigenvalue weighted by Gasteiger charge is 2.30. The number of hydrogen-bond donors (Lipinski definition) is 1. The molecule has 10 heteroatoms. The van der Waals surface area contributed by atoms with Crippen molar-refractivity contribution in [2.45, 2.75) is 38.0 Å². The quantitative estimate of drug-likeness (QED) is 0.650. The zero-order valence-corrected chi connectivity index (χ0v) is 19.2. The van der Waals surface area contributed by atoms with E-state index in [1.54, 1.807) is 7.05 Å². The van der Waals surface area contributed by atoms with Crippen LogP contribution in [-0.4, -0.2) is 49.4 Å². The molecule has 1 N–H and O–H groups in total. The van der Waals surface area contributed by atoms with Crippen molar-refractivity contribution in [2.24, 2.45) is 13.0 Å². The Kier molecular flexibility index (Phi) is 6.68. The van der Waals surface area contributed by atoms with Gasteiger partial charge >= 0.3 is 5.97 Å². The minimum Gasteiger partial charge on any atom is -0.465 e. The fourth-order valence-electron chi connectivity index (χ4n) is 3.55. The van der Waals surface area contributed by atoms with Crippen LogP contribution in [0, 0.1) is 5.92 Å². The number of thiophene rings is 1. The van der Waals surface area contributed by atoms with Gasteiger partial charge in [-0.05, 0) is 42.2 Å². The molecule has 0 radical (unpaired) electrons. The van der Waals surface area contributed by atoms with Crippen molar-refractivity contribution in [1.82, 2.24) is 8.87 Å². The molecule has 1 aliphatic heterocycles. The normalized spacial score (nSPS) is 15.0. The van der Waals surface area contributed by atoms with Crippen molar-refractivity contribution in [3.05, 3.63) is 34.5 Å². The molecule has 3 heterocycles. The lowest BCUT2D eigenvalue weighted by Crippen LogP contribution is -2.27. The molecular formula is C20H27N3O5S2. The second-order valence-corrected chi connectivity index (χ2v) is 10.6. The van der Waals surface area contributed by atoms with E-state index in [-0.39, 0.29) is 10.6 Å². The topological polar surface area (TPSA) is 97.7 Å². The van der Waals surface area contributed by atoms with Gasteiger partial charge in [-0.15, -0.1) is 11.3 Å². The van der Waals surface area contributed by atoms with Crippen molar-refractivity contribution in [3.63, 3.8) is 0 Å². The van der Waals surface area contributed by atoms with Crippen LogP contribution >= 0.6 is 11.3 Å². The smallest absolute Gasteiger partial charge is 0.341 e. The average Bonchev–Trinajstić information content (AvgIpc) is 3.41. The first-order chi connectivity index (χ1) is 14.1. The molecular weight excluding hydrogens is 426 g/mol. The predicted octanol–water partition coefficient (Wildman–Crippen LogP) is 3.11. The Bertz CT molecular complexity index is 1050. The minimum atomic E-state index is -3.62. The molecule has 0 unspecified atom stereocenters. The summed E-state index contributed by atoms with van der Waals surface area (Å²) in [4.78, 5) is 25.3. The van der Waals surface area contributed by atoms with Gasteiger partial charge in [0.05, 0.1) is 12.7 Å². The first kappa shape index (κ1) is 22.5. The highest BCUT2D eigenvalue weighted by atomic mass is 32.2. The summed E-state index contributed by atoms with van der Waals surface area (Å²) >= 11 is 1.25. The summed E-state index contributed by atoms with van der Waals surface area (Å²) in [5.74, 6) is -0.660. The summed E-state index contributed by atoms with van der Waals surface area (Å²) in [6.07, 6.45) is 3.81. The molecule has 1 fully saturated rings. The Morgan fingerprint density at radius 2 is 1.93 bits per heavy atom. The van der Waals surface area contributed by atoms with E-state index in [1.807, 2.05) is 19.2 Å². The van der Waals surface area contributed by atoms with Gasteiger partial charge in [0.15, 0.2) is 0 Å². The summed E-state index contributed by atoms with van der Waals surface area (Å²) in [6, 6.07) is 1.38. The molecule has 164 valence electrons. The maximum Gasteiger partial charge on any atom is 0.341 e. The van der Waals surface area contributed by atoms with Gasteiger partial charge in [0.1, 0.15) is 15.6 Å². The first-order valence-corrected chi connectivity index (χ1v) is 12.1. The second kappa shape index (κ2) is 8.91. The number of amides is 1. The third kappa shape index (κ3) is 4.45. The van der Waals surface area contributed by atoms with Crippen LogP contribution in [0.2, 0.25) is 0 Å². The lowest BCUT2D eigenvalue weighted by Gasteiger charge is -2.13. The van der Waals surface area contributed by atoms with E-state index in [1.165, 1.54) is 39.6 Å². The van der Waals surface area contributed by atoms with Crippen LogP contribution in [-0.2, 0) is 28.2 Å². The number of esters is 1. The first-order valence-electron chi connectivity index (χ1n) is 9.81. The predicted molar refractivity (Wildman–Crippen MR) is 116 cm³/mol. The summed E-state index contributed by atoms with van der Waals surface area (Å²) in [5, 5.41) is 5.00. The Morgan fingerprint density at radius 1 is 1.27 bits per heavy atom. The molecule has 0 aliphatic carbocycles. The van der Waals surface area contributed by atoms with Gasteiger partial charge in [0, 0.05) is 26.3 Å². The van der Waals surface area contributed by atoms with E-state index in [9.17, 15) is 18.0 Å². The zero-order valence-electron chi connectivity index (χ0n) is 17.6. The summed E-state index contributed by atoms with van der Waals surface area (Å²) < 4.78 is 33.4. The van der Waals surface area contributed by atoms with Crippen molar-refractivity contribution in [2.75, 3.05) is 25.5 Å².